The van der Waals surface area contributed by atoms with E-state index in [4.69, 9.17) is 24.2 Å². The van der Waals surface area contributed by atoms with Crippen molar-refractivity contribution in [3.63, 3.8) is 0 Å². The molecular weight excluding hydrogens is 199 g/mol. The fraction of sp³-hybridized carbons (Fsp3) is 0.333. The van der Waals surface area contributed by atoms with Gasteiger partial charge in [-0.15, -0.1) is 0 Å². The minimum absolute atomic E-state index is 0.177. The predicted molar refractivity (Wildman–Crippen MR) is 53.9 cm³/mol. The summed E-state index contributed by atoms with van der Waals surface area (Å²) in [4.78, 5) is 0. The number of benzene rings is 1. The van der Waals surface area contributed by atoms with Crippen molar-refractivity contribution in [2.24, 2.45) is 0 Å². The van der Waals surface area contributed by atoms with Gasteiger partial charge >= 0.3 is 7.32 Å². The van der Waals surface area contributed by atoms with E-state index < -0.39 is 7.32 Å². The minimum Gasteiger partial charge on any atom is -0.512 e. The van der Waals surface area contributed by atoms with Crippen LogP contribution in [-0.4, -0.2) is 31.3 Å². The van der Waals surface area contributed by atoms with Crippen LogP contribution in [0.2, 0.25) is 0 Å². The topological polar surface area (TPSA) is 68.2 Å². The predicted octanol–water partition coefficient (Wildman–Crippen LogP) is 0.155. The van der Waals surface area contributed by atoms with Crippen molar-refractivity contribution < 1.29 is 24.2 Å². The zero-order valence-electron chi connectivity index (χ0n) is 8.42. The highest BCUT2D eigenvalue weighted by atomic mass is 16.7. The molecule has 0 heterocycles. The first-order chi connectivity index (χ1) is 7.24. The third-order valence-electron chi connectivity index (χ3n) is 1.66. The van der Waals surface area contributed by atoms with Gasteiger partial charge in [0, 0.05) is 12.7 Å². The molecule has 0 saturated carbocycles. The van der Waals surface area contributed by atoms with E-state index in [2.05, 4.69) is 0 Å². The Morgan fingerprint density at radius 3 is 2.67 bits per heavy atom. The van der Waals surface area contributed by atoms with Gasteiger partial charge in [-0.2, -0.15) is 0 Å². The summed E-state index contributed by atoms with van der Waals surface area (Å²) in [5, 5.41) is 17.3. The van der Waals surface area contributed by atoms with Crippen molar-refractivity contribution in [2.45, 2.75) is 6.61 Å². The van der Waals surface area contributed by atoms with E-state index in [-0.39, 0.29) is 13.4 Å². The molecule has 1 aromatic rings. The molecule has 1 rings (SSSR count). The van der Waals surface area contributed by atoms with Gasteiger partial charge in [-0.05, 0) is 6.07 Å². The van der Waals surface area contributed by atoms with Gasteiger partial charge in [0.15, 0.2) is 0 Å². The molecule has 0 fully saturated rings. The summed E-state index contributed by atoms with van der Waals surface area (Å²) in [5.74, 6) is 0.378. The lowest BCUT2D eigenvalue weighted by Crippen LogP contribution is -2.21. The molecular formula is C9H13BO5. The maximum absolute atomic E-state index is 8.67. The summed E-state index contributed by atoms with van der Waals surface area (Å²) in [7, 11) is -0.298. The Kier molecular flexibility index (Phi) is 5.13. The van der Waals surface area contributed by atoms with Gasteiger partial charge in [0.25, 0.3) is 0 Å². The zero-order valence-corrected chi connectivity index (χ0v) is 8.42. The second kappa shape index (κ2) is 6.42. The van der Waals surface area contributed by atoms with E-state index in [9.17, 15) is 0 Å². The molecule has 0 bridgehead atoms. The van der Waals surface area contributed by atoms with Crippen LogP contribution in [0.5, 0.6) is 5.75 Å². The van der Waals surface area contributed by atoms with Gasteiger partial charge in [-0.3, -0.25) is 0 Å². The molecule has 0 atom stereocenters. The molecule has 0 aromatic heterocycles. The second-order valence-electron chi connectivity index (χ2n) is 2.81. The van der Waals surface area contributed by atoms with Crippen molar-refractivity contribution in [3.05, 3.63) is 29.8 Å². The first kappa shape index (κ1) is 12.0. The van der Waals surface area contributed by atoms with Gasteiger partial charge in [-0.1, -0.05) is 18.2 Å². The van der Waals surface area contributed by atoms with Crippen LogP contribution in [0.25, 0.3) is 0 Å². The summed E-state index contributed by atoms with van der Waals surface area (Å²) in [6.07, 6.45) is 0. The molecule has 0 unspecified atom stereocenters. The maximum Gasteiger partial charge on any atom is 0.707 e. The summed E-state index contributed by atoms with van der Waals surface area (Å²) >= 11 is 0. The van der Waals surface area contributed by atoms with Crippen LogP contribution in [-0.2, 0) is 16.1 Å². The summed E-state index contributed by atoms with van der Waals surface area (Å²) in [6, 6.07) is 6.94. The van der Waals surface area contributed by atoms with Crippen molar-refractivity contribution in [3.8, 4) is 5.75 Å². The van der Waals surface area contributed by atoms with E-state index in [1.54, 1.807) is 18.2 Å². The van der Waals surface area contributed by atoms with Crippen LogP contribution in [0.3, 0.4) is 0 Å². The molecule has 0 aliphatic heterocycles. The molecule has 5 nitrogen and oxygen atoms in total. The largest absolute Gasteiger partial charge is 0.707 e. The van der Waals surface area contributed by atoms with Crippen LogP contribution in [0.1, 0.15) is 5.56 Å². The number of para-hydroxylation sites is 1. The van der Waals surface area contributed by atoms with Gasteiger partial charge in [0.1, 0.15) is 12.5 Å². The molecule has 0 saturated heterocycles. The molecule has 0 radical (unpaired) electrons. The first-order valence-corrected chi connectivity index (χ1v) is 4.41. The fourth-order valence-electron chi connectivity index (χ4n) is 1.09. The van der Waals surface area contributed by atoms with Gasteiger partial charge < -0.3 is 24.2 Å². The molecule has 82 valence electrons. The highest BCUT2D eigenvalue weighted by molar-refractivity contribution is 6.33. The molecule has 6 heteroatoms. The minimum atomic E-state index is -1.83. The summed E-state index contributed by atoms with van der Waals surface area (Å²) in [5.41, 5.74) is 0.725. The molecule has 0 aliphatic rings. The third kappa shape index (κ3) is 4.31. The lowest BCUT2D eigenvalue weighted by molar-refractivity contribution is -0.0394. The van der Waals surface area contributed by atoms with Crippen molar-refractivity contribution in [2.75, 3.05) is 13.9 Å². The number of methoxy groups -OCH3 is 1. The normalized spacial score (nSPS) is 10.1. The Balaban J connectivity index is 2.60. The molecule has 2 N–H and O–H groups in total. The first-order valence-electron chi connectivity index (χ1n) is 4.41. The highest BCUT2D eigenvalue weighted by Gasteiger charge is 2.13. The second-order valence-corrected chi connectivity index (χ2v) is 2.81. The van der Waals surface area contributed by atoms with Crippen LogP contribution < -0.4 is 4.65 Å². The molecule has 0 amide bonds. The summed E-state index contributed by atoms with van der Waals surface area (Å²) < 4.78 is 14.6. The molecule has 15 heavy (non-hydrogen) atoms. The van der Waals surface area contributed by atoms with E-state index in [1.165, 1.54) is 7.11 Å². The highest BCUT2D eigenvalue weighted by Crippen LogP contribution is 2.18. The number of ether oxygens (including phenoxy) is 2. The van der Waals surface area contributed by atoms with Crippen LogP contribution in [0.4, 0.5) is 0 Å². The van der Waals surface area contributed by atoms with Crippen molar-refractivity contribution in [1.29, 1.82) is 0 Å². The monoisotopic (exact) mass is 212 g/mol. The maximum atomic E-state index is 8.67. The van der Waals surface area contributed by atoms with E-state index >= 15 is 0 Å². The number of hydrogen-bond acceptors (Lipinski definition) is 5. The Hall–Kier alpha value is -1.08. The van der Waals surface area contributed by atoms with Crippen LogP contribution >= 0.6 is 0 Å². The van der Waals surface area contributed by atoms with Gasteiger partial charge in [0.05, 0.1) is 6.61 Å². The Morgan fingerprint density at radius 1 is 1.27 bits per heavy atom. The smallest absolute Gasteiger partial charge is 0.512 e. The standard InChI is InChI=1S/C9H13BO5/c1-13-7-14-6-8-4-2-3-5-9(8)15-10(11)12/h2-5,11-12H,6-7H2,1H3. The average molecular weight is 212 g/mol. The van der Waals surface area contributed by atoms with Gasteiger partial charge in [-0.25, -0.2) is 0 Å². The fourth-order valence-corrected chi connectivity index (χ4v) is 1.09. The van der Waals surface area contributed by atoms with E-state index in [1.807, 2.05) is 6.07 Å². The van der Waals surface area contributed by atoms with Crippen LogP contribution in [0, 0.1) is 0 Å². The van der Waals surface area contributed by atoms with E-state index in [0.29, 0.717) is 5.75 Å². The third-order valence-corrected chi connectivity index (χ3v) is 1.66. The van der Waals surface area contributed by atoms with Crippen molar-refractivity contribution in [1.82, 2.24) is 0 Å². The van der Waals surface area contributed by atoms with Crippen LogP contribution in [0.15, 0.2) is 24.3 Å². The number of rotatable bonds is 6. The summed E-state index contributed by atoms with van der Waals surface area (Å²) in [6.45, 7) is 0.465. The number of hydrogen-bond donors (Lipinski definition) is 2. The van der Waals surface area contributed by atoms with Crippen molar-refractivity contribution >= 4 is 7.32 Å². The molecule has 0 aliphatic carbocycles. The quantitative estimate of drug-likeness (QED) is 0.399. The molecule has 1 aromatic carbocycles. The van der Waals surface area contributed by atoms with Gasteiger partial charge in [0.2, 0.25) is 0 Å². The lowest BCUT2D eigenvalue weighted by atomic mass is 10.2. The Labute approximate surface area is 88.4 Å². The van der Waals surface area contributed by atoms with E-state index in [0.717, 1.165) is 5.56 Å². The zero-order chi connectivity index (χ0) is 11.1. The lowest BCUT2D eigenvalue weighted by Gasteiger charge is -2.10. The average Bonchev–Trinajstić information content (AvgIpc) is 2.20. The SMILES string of the molecule is COCOCc1ccccc1OB(O)O. The Bertz CT molecular complexity index is 292. The molecule has 0 spiro atoms. The Morgan fingerprint density at radius 2 is 2.00 bits per heavy atom.